The van der Waals surface area contributed by atoms with Crippen LogP contribution in [0.3, 0.4) is 0 Å². The Kier molecular flexibility index (Phi) is 3.72. The maximum Gasteiger partial charge on any atom is 0.345 e. The molecule has 0 saturated heterocycles. The van der Waals surface area contributed by atoms with Crippen molar-refractivity contribution in [2.45, 2.75) is 50.0 Å². The minimum Gasteiger partial charge on any atom is -0.477 e. The monoisotopic (exact) mass is 303 g/mol. The molecule has 19 heavy (non-hydrogen) atoms. The van der Waals surface area contributed by atoms with Crippen molar-refractivity contribution in [1.82, 2.24) is 4.72 Å². The third-order valence-electron chi connectivity index (χ3n) is 3.46. The summed E-state index contributed by atoms with van der Waals surface area (Å²) in [5.74, 6) is -1.10. The van der Waals surface area contributed by atoms with Gasteiger partial charge in [-0.05, 0) is 32.8 Å². The zero-order valence-electron chi connectivity index (χ0n) is 10.9. The van der Waals surface area contributed by atoms with E-state index >= 15 is 0 Å². The van der Waals surface area contributed by atoms with Gasteiger partial charge in [0.1, 0.15) is 4.88 Å². The van der Waals surface area contributed by atoms with Crippen LogP contribution in [0.5, 0.6) is 0 Å². The first-order valence-electron chi connectivity index (χ1n) is 6.11. The standard InChI is InChI=1S/C12H17NO4S2/c1-8-10(7-9(18-8)11(14)15)19(16,17)13-12(2)5-3-4-6-12/h7,13H,3-6H2,1-2H3,(H,14,15). The summed E-state index contributed by atoms with van der Waals surface area (Å²) in [5, 5.41) is 8.92. The first kappa shape index (κ1) is 14.5. The van der Waals surface area contributed by atoms with Gasteiger partial charge in [-0.1, -0.05) is 12.8 Å². The molecule has 0 spiro atoms. The van der Waals surface area contributed by atoms with Gasteiger partial charge >= 0.3 is 5.97 Å². The van der Waals surface area contributed by atoms with Crippen LogP contribution in [0.25, 0.3) is 0 Å². The van der Waals surface area contributed by atoms with Crippen LogP contribution in [0.4, 0.5) is 0 Å². The first-order chi connectivity index (χ1) is 8.73. The van der Waals surface area contributed by atoms with Crippen molar-refractivity contribution in [3.05, 3.63) is 15.8 Å². The Balaban J connectivity index is 2.31. The lowest BCUT2D eigenvalue weighted by Crippen LogP contribution is -2.43. The lowest BCUT2D eigenvalue weighted by atomic mass is 10.0. The van der Waals surface area contributed by atoms with Gasteiger partial charge in [0.2, 0.25) is 10.0 Å². The maximum absolute atomic E-state index is 12.4. The van der Waals surface area contributed by atoms with E-state index in [-0.39, 0.29) is 9.77 Å². The normalized spacial score (nSPS) is 18.6. The number of carboxylic acids is 1. The average Bonchev–Trinajstić information content (AvgIpc) is 2.84. The number of aryl methyl sites for hydroxylation is 1. The molecule has 0 bridgehead atoms. The van der Waals surface area contributed by atoms with E-state index in [1.165, 1.54) is 6.07 Å². The molecule has 7 heteroatoms. The Morgan fingerprint density at radius 1 is 1.42 bits per heavy atom. The molecular weight excluding hydrogens is 286 g/mol. The fraction of sp³-hybridized carbons (Fsp3) is 0.583. The van der Waals surface area contributed by atoms with Crippen molar-refractivity contribution >= 4 is 27.3 Å². The van der Waals surface area contributed by atoms with Crippen molar-refractivity contribution in [2.24, 2.45) is 0 Å². The number of carboxylic acid groups (broad SMARTS) is 1. The summed E-state index contributed by atoms with van der Waals surface area (Å²) in [6, 6.07) is 1.24. The van der Waals surface area contributed by atoms with E-state index in [0.29, 0.717) is 4.88 Å². The summed E-state index contributed by atoms with van der Waals surface area (Å²) in [7, 11) is -3.65. The minimum absolute atomic E-state index is 0.0504. The number of rotatable bonds is 4. The second-order valence-electron chi connectivity index (χ2n) is 5.21. The number of carbonyl (C=O) groups is 1. The Hall–Kier alpha value is -0.920. The molecule has 1 saturated carbocycles. The Morgan fingerprint density at radius 3 is 2.47 bits per heavy atom. The van der Waals surface area contributed by atoms with Crippen LogP contribution in [0.15, 0.2) is 11.0 Å². The Bertz CT molecular complexity index is 597. The molecule has 1 aliphatic rings. The van der Waals surface area contributed by atoms with Gasteiger partial charge in [0.15, 0.2) is 0 Å². The van der Waals surface area contributed by atoms with E-state index in [1.807, 2.05) is 6.92 Å². The third-order valence-corrected chi connectivity index (χ3v) is 6.39. The maximum atomic E-state index is 12.4. The summed E-state index contributed by atoms with van der Waals surface area (Å²) in [4.78, 5) is 11.5. The summed E-state index contributed by atoms with van der Waals surface area (Å²) in [5.41, 5.74) is -0.406. The van der Waals surface area contributed by atoms with Gasteiger partial charge < -0.3 is 5.11 Å². The van der Waals surface area contributed by atoms with Crippen molar-refractivity contribution < 1.29 is 18.3 Å². The van der Waals surface area contributed by atoms with E-state index < -0.39 is 21.5 Å². The van der Waals surface area contributed by atoms with Gasteiger partial charge in [0.25, 0.3) is 0 Å². The zero-order valence-corrected chi connectivity index (χ0v) is 12.5. The molecule has 0 atom stereocenters. The molecule has 1 aromatic heterocycles. The van der Waals surface area contributed by atoms with Gasteiger partial charge in [-0.15, -0.1) is 11.3 Å². The fourth-order valence-corrected chi connectivity index (χ4v) is 5.37. The SMILES string of the molecule is Cc1sc(C(=O)O)cc1S(=O)(=O)NC1(C)CCCC1. The molecule has 2 rings (SSSR count). The van der Waals surface area contributed by atoms with Crippen molar-refractivity contribution in [1.29, 1.82) is 0 Å². The number of sulfonamides is 1. The average molecular weight is 303 g/mol. The summed E-state index contributed by atoms with van der Waals surface area (Å²) in [6.07, 6.45) is 3.67. The number of hydrogen-bond donors (Lipinski definition) is 2. The molecule has 1 aromatic rings. The number of aromatic carboxylic acids is 1. The van der Waals surface area contributed by atoms with E-state index in [2.05, 4.69) is 4.72 Å². The molecule has 0 amide bonds. The van der Waals surface area contributed by atoms with Crippen LogP contribution < -0.4 is 4.72 Å². The highest BCUT2D eigenvalue weighted by molar-refractivity contribution is 7.89. The third kappa shape index (κ3) is 2.98. The van der Waals surface area contributed by atoms with Crippen LogP contribution in [-0.4, -0.2) is 25.0 Å². The van der Waals surface area contributed by atoms with Gasteiger partial charge in [0, 0.05) is 10.4 Å². The summed E-state index contributed by atoms with van der Waals surface area (Å²) >= 11 is 0.987. The van der Waals surface area contributed by atoms with E-state index in [0.717, 1.165) is 37.0 Å². The predicted octanol–water partition coefficient (Wildman–Crippen LogP) is 2.37. The molecule has 1 aliphatic carbocycles. The van der Waals surface area contributed by atoms with Gasteiger partial charge in [0.05, 0.1) is 4.90 Å². The minimum atomic E-state index is -3.65. The van der Waals surface area contributed by atoms with Crippen molar-refractivity contribution in [3.8, 4) is 0 Å². The second-order valence-corrected chi connectivity index (χ2v) is 8.12. The van der Waals surface area contributed by atoms with Crippen LogP contribution in [0.2, 0.25) is 0 Å². The molecule has 0 unspecified atom stereocenters. The smallest absolute Gasteiger partial charge is 0.345 e. The fourth-order valence-electron chi connectivity index (χ4n) is 2.47. The first-order valence-corrected chi connectivity index (χ1v) is 8.41. The molecule has 0 radical (unpaired) electrons. The quantitative estimate of drug-likeness (QED) is 0.894. The highest BCUT2D eigenvalue weighted by Gasteiger charge is 2.34. The Morgan fingerprint density at radius 2 is 2.00 bits per heavy atom. The molecule has 0 aromatic carbocycles. The summed E-state index contributed by atoms with van der Waals surface area (Å²) < 4.78 is 27.4. The molecule has 2 N–H and O–H groups in total. The van der Waals surface area contributed by atoms with E-state index in [4.69, 9.17) is 5.11 Å². The molecule has 106 valence electrons. The number of nitrogens with one attached hydrogen (secondary N) is 1. The molecule has 1 heterocycles. The van der Waals surface area contributed by atoms with Crippen LogP contribution in [0, 0.1) is 6.92 Å². The van der Waals surface area contributed by atoms with Gasteiger partial charge in [-0.3, -0.25) is 0 Å². The molecule has 1 fully saturated rings. The van der Waals surface area contributed by atoms with E-state index in [1.54, 1.807) is 6.92 Å². The number of thiophene rings is 1. The van der Waals surface area contributed by atoms with Crippen molar-refractivity contribution in [2.75, 3.05) is 0 Å². The Labute approximate surface area is 116 Å². The summed E-state index contributed by atoms with van der Waals surface area (Å²) in [6.45, 7) is 3.53. The molecular formula is C12H17NO4S2. The lowest BCUT2D eigenvalue weighted by molar-refractivity contribution is 0.0702. The topological polar surface area (TPSA) is 83.5 Å². The van der Waals surface area contributed by atoms with E-state index in [9.17, 15) is 13.2 Å². The van der Waals surface area contributed by atoms with Gasteiger partial charge in [-0.25, -0.2) is 17.9 Å². The number of hydrogen-bond acceptors (Lipinski definition) is 4. The van der Waals surface area contributed by atoms with Crippen LogP contribution in [0.1, 0.15) is 47.2 Å². The zero-order chi connectivity index (χ0) is 14.3. The predicted molar refractivity (Wildman–Crippen MR) is 73.2 cm³/mol. The highest BCUT2D eigenvalue weighted by atomic mass is 32.2. The largest absolute Gasteiger partial charge is 0.477 e. The second kappa shape index (κ2) is 4.88. The molecule has 5 nitrogen and oxygen atoms in total. The lowest BCUT2D eigenvalue weighted by Gasteiger charge is -2.24. The van der Waals surface area contributed by atoms with Gasteiger partial charge in [-0.2, -0.15) is 0 Å². The van der Waals surface area contributed by atoms with Crippen LogP contribution in [-0.2, 0) is 10.0 Å². The molecule has 0 aliphatic heterocycles. The van der Waals surface area contributed by atoms with Crippen molar-refractivity contribution in [3.63, 3.8) is 0 Å². The highest BCUT2D eigenvalue weighted by Crippen LogP contribution is 2.32. The van der Waals surface area contributed by atoms with Crippen LogP contribution >= 0.6 is 11.3 Å².